The zero-order valence-corrected chi connectivity index (χ0v) is 17.6. The van der Waals surface area contributed by atoms with E-state index < -0.39 is 5.60 Å². The van der Waals surface area contributed by atoms with Crippen LogP contribution >= 0.6 is 11.6 Å². The van der Waals surface area contributed by atoms with Gasteiger partial charge in [0.05, 0.1) is 5.60 Å². The van der Waals surface area contributed by atoms with E-state index in [4.69, 9.17) is 22.7 Å². The summed E-state index contributed by atoms with van der Waals surface area (Å²) in [6.07, 6.45) is 13.5. The lowest BCUT2D eigenvalue weighted by atomic mass is 9.81. The van der Waals surface area contributed by atoms with E-state index in [0.29, 0.717) is 42.2 Å². The number of nitrogens with zero attached hydrogens (tertiary/aromatic N) is 1. The Bertz CT molecular complexity index is 646. The molecular formula is C22H34ClN3O. The molecule has 5 heteroatoms. The zero-order valence-electron chi connectivity index (χ0n) is 16.9. The van der Waals surface area contributed by atoms with Crippen LogP contribution in [0.5, 0.6) is 0 Å². The first-order valence-corrected chi connectivity index (χ1v) is 9.98. The maximum atomic E-state index is 11.2. The Morgan fingerprint density at radius 1 is 1.33 bits per heavy atom. The van der Waals surface area contributed by atoms with Gasteiger partial charge in [-0.15, -0.1) is 0 Å². The molecule has 0 atom stereocenters. The van der Waals surface area contributed by atoms with Gasteiger partial charge in [-0.2, -0.15) is 0 Å². The van der Waals surface area contributed by atoms with Gasteiger partial charge in [0.2, 0.25) is 0 Å². The molecule has 0 aromatic heterocycles. The summed E-state index contributed by atoms with van der Waals surface area (Å²) < 4.78 is 0. The fourth-order valence-electron chi connectivity index (χ4n) is 3.47. The number of hydrogen-bond donors (Lipinski definition) is 3. The van der Waals surface area contributed by atoms with E-state index in [1.54, 1.807) is 6.92 Å². The summed E-state index contributed by atoms with van der Waals surface area (Å²) in [5.41, 5.74) is 7.89. The van der Waals surface area contributed by atoms with Crippen molar-refractivity contribution < 1.29 is 5.11 Å². The van der Waals surface area contributed by atoms with Gasteiger partial charge in [0.25, 0.3) is 0 Å². The molecule has 1 rings (SSSR count). The SMILES string of the molecule is C=C(N)/C(C=N)=C(\C=C(/C)Cl)N1CCC(O)(/C(=C/C)CCC=CCC)CC1. The molecule has 0 unspecified atom stereocenters. The molecule has 0 aliphatic carbocycles. The molecule has 1 aliphatic heterocycles. The summed E-state index contributed by atoms with van der Waals surface area (Å²) in [6.45, 7) is 11.0. The third-order valence-electron chi connectivity index (χ3n) is 4.96. The fourth-order valence-corrected chi connectivity index (χ4v) is 3.57. The predicted octanol–water partition coefficient (Wildman–Crippen LogP) is 5.02. The molecule has 1 saturated heterocycles. The van der Waals surface area contributed by atoms with Gasteiger partial charge in [-0.25, -0.2) is 0 Å². The Morgan fingerprint density at radius 2 is 1.96 bits per heavy atom. The number of likely N-dealkylation sites (tertiary alicyclic amines) is 1. The summed E-state index contributed by atoms with van der Waals surface area (Å²) in [5, 5.41) is 19.5. The molecule has 0 aromatic carbocycles. The van der Waals surface area contributed by atoms with Gasteiger partial charge in [0.1, 0.15) is 0 Å². The fraction of sp³-hybridized carbons (Fsp3) is 0.500. The number of allylic oxidation sites excluding steroid dienone is 6. The lowest BCUT2D eigenvalue weighted by molar-refractivity contribution is 0.0163. The van der Waals surface area contributed by atoms with Crippen molar-refractivity contribution in [3.05, 3.63) is 58.5 Å². The topological polar surface area (TPSA) is 73.3 Å². The molecule has 1 heterocycles. The highest BCUT2D eigenvalue weighted by Gasteiger charge is 2.35. The molecule has 4 nitrogen and oxygen atoms in total. The number of nitrogens with two attached hydrogens (primary N) is 1. The maximum Gasteiger partial charge on any atom is 0.0890 e. The second-order valence-corrected chi connectivity index (χ2v) is 7.55. The number of piperidine rings is 1. The van der Waals surface area contributed by atoms with Gasteiger partial charge < -0.3 is 21.1 Å². The van der Waals surface area contributed by atoms with E-state index in [2.05, 4.69) is 36.6 Å². The maximum absolute atomic E-state index is 11.2. The first-order valence-electron chi connectivity index (χ1n) is 9.60. The van der Waals surface area contributed by atoms with Crippen molar-refractivity contribution in [3.63, 3.8) is 0 Å². The molecule has 150 valence electrons. The van der Waals surface area contributed by atoms with E-state index >= 15 is 0 Å². The van der Waals surface area contributed by atoms with Crippen LogP contribution in [0.15, 0.2) is 58.5 Å². The number of nitrogens with one attached hydrogen (secondary N) is 1. The highest BCUT2D eigenvalue weighted by molar-refractivity contribution is 6.29. The molecule has 0 aromatic rings. The Kier molecular flexibility index (Phi) is 9.61. The van der Waals surface area contributed by atoms with Gasteiger partial charge in [-0.3, -0.25) is 0 Å². The Morgan fingerprint density at radius 3 is 2.41 bits per heavy atom. The summed E-state index contributed by atoms with van der Waals surface area (Å²) in [7, 11) is 0. The number of rotatable bonds is 9. The smallest absolute Gasteiger partial charge is 0.0890 e. The standard InChI is InChI=1S/C22H34ClN3O/c1-5-7-8-9-10-19(6-2)22(27)11-13-26(14-12-22)21(15-17(3)23)20(16-24)18(4)25/h6-8,15-16,24,27H,4-5,9-14,25H2,1-3H3/b8-7?,17-15+,19-6+,21-20+,24-16?. The summed E-state index contributed by atoms with van der Waals surface area (Å²) in [4.78, 5) is 2.13. The van der Waals surface area contributed by atoms with Crippen LogP contribution in [-0.2, 0) is 0 Å². The summed E-state index contributed by atoms with van der Waals surface area (Å²) >= 11 is 6.10. The second-order valence-electron chi connectivity index (χ2n) is 6.95. The Balaban J connectivity index is 2.97. The van der Waals surface area contributed by atoms with Crippen molar-refractivity contribution >= 4 is 17.8 Å². The number of hydrogen-bond acceptors (Lipinski definition) is 4. The van der Waals surface area contributed by atoms with E-state index in [1.165, 1.54) is 6.21 Å². The normalized spacial score (nSPS) is 19.2. The zero-order chi connectivity index (χ0) is 20.4. The molecule has 0 saturated carbocycles. The molecule has 4 N–H and O–H groups in total. The van der Waals surface area contributed by atoms with Crippen LogP contribution in [0.4, 0.5) is 0 Å². The Hall–Kier alpha value is -1.78. The van der Waals surface area contributed by atoms with E-state index in [-0.39, 0.29) is 0 Å². The van der Waals surface area contributed by atoms with Gasteiger partial charge in [0, 0.05) is 41.3 Å². The molecule has 1 aliphatic rings. The minimum atomic E-state index is -0.777. The quantitative estimate of drug-likeness (QED) is 0.293. The monoisotopic (exact) mass is 391 g/mol. The molecule has 27 heavy (non-hydrogen) atoms. The van der Waals surface area contributed by atoms with Crippen molar-refractivity contribution in [2.45, 2.75) is 58.5 Å². The number of halogens is 1. The van der Waals surface area contributed by atoms with Crippen LogP contribution in [-0.4, -0.2) is 34.9 Å². The van der Waals surface area contributed by atoms with Crippen molar-refractivity contribution in [2.75, 3.05) is 13.1 Å². The third kappa shape index (κ3) is 6.71. The van der Waals surface area contributed by atoms with Crippen LogP contribution in [0.2, 0.25) is 0 Å². The lowest BCUT2D eigenvalue weighted by Gasteiger charge is -2.41. The van der Waals surface area contributed by atoms with E-state index in [1.807, 2.05) is 13.0 Å². The first kappa shape index (κ1) is 23.3. The Labute approximate surface area is 169 Å². The molecule has 0 radical (unpaired) electrons. The lowest BCUT2D eigenvalue weighted by Crippen LogP contribution is -2.45. The highest BCUT2D eigenvalue weighted by atomic mass is 35.5. The summed E-state index contributed by atoms with van der Waals surface area (Å²) in [5.74, 6) is 0. The minimum absolute atomic E-state index is 0.340. The van der Waals surface area contributed by atoms with E-state index in [9.17, 15) is 5.11 Å². The largest absolute Gasteiger partial charge is 0.399 e. The molecular weight excluding hydrogens is 358 g/mol. The van der Waals surface area contributed by atoms with Crippen LogP contribution in [0.25, 0.3) is 0 Å². The molecule has 0 spiro atoms. The van der Waals surface area contributed by atoms with Crippen LogP contribution in [0.3, 0.4) is 0 Å². The number of aliphatic hydroxyl groups is 1. The van der Waals surface area contributed by atoms with Crippen LogP contribution in [0, 0.1) is 5.41 Å². The van der Waals surface area contributed by atoms with E-state index in [0.717, 1.165) is 30.5 Å². The second kappa shape index (κ2) is 11.2. The van der Waals surface area contributed by atoms with Gasteiger partial charge in [-0.05, 0) is 57.6 Å². The predicted molar refractivity (Wildman–Crippen MR) is 117 cm³/mol. The van der Waals surface area contributed by atoms with Crippen molar-refractivity contribution in [3.8, 4) is 0 Å². The van der Waals surface area contributed by atoms with Gasteiger partial charge >= 0.3 is 0 Å². The molecule has 0 bridgehead atoms. The van der Waals surface area contributed by atoms with Crippen LogP contribution in [0.1, 0.15) is 52.9 Å². The molecule has 0 amide bonds. The van der Waals surface area contributed by atoms with Crippen LogP contribution < -0.4 is 5.73 Å². The first-order chi connectivity index (χ1) is 12.8. The average molecular weight is 392 g/mol. The minimum Gasteiger partial charge on any atom is -0.399 e. The average Bonchev–Trinajstić information content (AvgIpc) is 2.61. The van der Waals surface area contributed by atoms with Crippen molar-refractivity contribution in [1.29, 1.82) is 5.41 Å². The van der Waals surface area contributed by atoms with Gasteiger partial charge in [-0.1, -0.05) is 43.3 Å². The van der Waals surface area contributed by atoms with Gasteiger partial charge in [0.15, 0.2) is 0 Å². The highest BCUT2D eigenvalue weighted by Crippen LogP contribution is 2.34. The van der Waals surface area contributed by atoms with Crippen molar-refractivity contribution in [2.24, 2.45) is 5.73 Å². The molecule has 1 fully saturated rings. The summed E-state index contributed by atoms with van der Waals surface area (Å²) in [6, 6.07) is 0. The van der Waals surface area contributed by atoms with Crippen molar-refractivity contribution in [1.82, 2.24) is 4.90 Å². The third-order valence-corrected chi connectivity index (χ3v) is 5.07.